The van der Waals surface area contributed by atoms with Crippen LogP contribution in [0.3, 0.4) is 0 Å². The third kappa shape index (κ3) is 3.25. The average molecular weight is 270 g/mol. The number of aromatic nitrogens is 1. The highest BCUT2D eigenvalue weighted by Gasteiger charge is 2.08. The number of furan rings is 1. The van der Waals surface area contributed by atoms with E-state index in [1.165, 1.54) is 24.1 Å². The molecule has 17 heavy (non-hydrogen) atoms. The highest BCUT2D eigenvalue weighted by atomic mass is 35.5. The van der Waals surface area contributed by atoms with Gasteiger partial charge in [0.05, 0.1) is 21.4 Å². The minimum Gasteiger partial charge on any atom is -0.478 e. The molecule has 0 atom stereocenters. The van der Waals surface area contributed by atoms with E-state index in [-0.39, 0.29) is 5.56 Å². The van der Waals surface area contributed by atoms with Crippen LogP contribution in [0.1, 0.15) is 16.1 Å². The van der Waals surface area contributed by atoms with Crippen molar-refractivity contribution in [3.05, 3.63) is 47.0 Å². The van der Waals surface area contributed by atoms with Crippen molar-refractivity contribution in [1.82, 2.24) is 4.98 Å². The molecule has 2 rings (SSSR count). The Kier molecular flexibility index (Phi) is 3.71. The van der Waals surface area contributed by atoms with Gasteiger partial charge in [0, 0.05) is 6.20 Å². The zero-order valence-electron chi connectivity index (χ0n) is 8.59. The van der Waals surface area contributed by atoms with E-state index >= 15 is 0 Å². The molecule has 4 nitrogen and oxygen atoms in total. The third-order valence-electron chi connectivity index (χ3n) is 1.96. The van der Waals surface area contributed by atoms with Crippen LogP contribution in [0.2, 0.25) is 5.02 Å². The summed E-state index contributed by atoms with van der Waals surface area (Å²) in [6.07, 6.45) is 2.79. The molecular formula is C11H8ClNO3S. The average Bonchev–Trinajstić information content (AvgIpc) is 2.77. The minimum atomic E-state index is -0.991. The second kappa shape index (κ2) is 5.25. The Morgan fingerprint density at radius 1 is 1.53 bits per heavy atom. The summed E-state index contributed by atoms with van der Waals surface area (Å²) >= 11 is 7.16. The lowest BCUT2D eigenvalue weighted by atomic mass is 10.3. The number of thioether (sulfide) groups is 1. The molecule has 2 heterocycles. The summed E-state index contributed by atoms with van der Waals surface area (Å²) in [4.78, 5) is 14.7. The number of hydrogen-bond acceptors (Lipinski definition) is 4. The molecule has 0 bridgehead atoms. The van der Waals surface area contributed by atoms with E-state index in [4.69, 9.17) is 21.1 Å². The van der Waals surface area contributed by atoms with Crippen molar-refractivity contribution in [1.29, 1.82) is 0 Å². The van der Waals surface area contributed by atoms with Crippen molar-refractivity contribution in [2.45, 2.75) is 10.8 Å². The number of aromatic carboxylic acids is 1. The lowest BCUT2D eigenvalue weighted by Gasteiger charge is -1.97. The Hall–Kier alpha value is -1.46. The van der Waals surface area contributed by atoms with Gasteiger partial charge in [0.1, 0.15) is 12.0 Å². The van der Waals surface area contributed by atoms with E-state index in [0.717, 1.165) is 5.03 Å². The molecule has 0 fully saturated rings. The summed E-state index contributed by atoms with van der Waals surface area (Å²) in [5.74, 6) is 0.140. The SMILES string of the molecule is O=C(O)c1coc(CSc2ccc(Cl)cn2)c1. The quantitative estimate of drug-likeness (QED) is 0.863. The molecule has 2 aromatic heterocycles. The van der Waals surface area contributed by atoms with Crippen LogP contribution in [0.4, 0.5) is 0 Å². The van der Waals surface area contributed by atoms with E-state index in [9.17, 15) is 4.79 Å². The first-order valence-electron chi connectivity index (χ1n) is 4.70. The Bertz CT molecular complexity index is 524. The third-order valence-corrected chi connectivity index (χ3v) is 3.15. The second-order valence-corrected chi connectivity index (χ2v) is 4.64. The molecule has 0 unspecified atom stereocenters. The molecule has 1 N–H and O–H groups in total. The number of pyridine rings is 1. The normalized spacial score (nSPS) is 10.4. The standard InChI is InChI=1S/C11H8ClNO3S/c12-8-1-2-10(13-4-8)17-6-9-3-7(5-16-9)11(14)15/h1-5H,6H2,(H,14,15). The number of carbonyl (C=O) groups is 1. The van der Waals surface area contributed by atoms with Crippen LogP contribution in [-0.4, -0.2) is 16.1 Å². The van der Waals surface area contributed by atoms with Crippen molar-refractivity contribution in [3.8, 4) is 0 Å². The predicted molar refractivity (Wildman–Crippen MR) is 64.5 cm³/mol. The van der Waals surface area contributed by atoms with E-state index in [2.05, 4.69) is 4.98 Å². The molecule has 88 valence electrons. The zero-order valence-corrected chi connectivity index (χ0v) is 10.2. The van der Waals surface area contributed by atoms with E-state index in [1.807, 2.05) is 0 Å². The van der Waals surface area contributed by atoms with Crippen molar-refractivity contribution >= 4 is 29.3 Å². The number of rotatable bonds is 4. The molecule has 0 aromatic carbocycles. The number of nitrogens with zero attached hydrogens (tertiary/aromatic N) is 1. The largest absolute Gasteiger partial charge is 0.478 e. The van der Waals surface area contributed by atoms with Crippen LogP contribution in [0.5, 0.6) is 0 Å². The Labute approximate surface area is 107 Å². The van der Waals surface area contributed by atoms with Gasteiger partial charge >= 0.3 is 5.97 Å². The molecule has 0 aliphatic rings. The molecule has 6 heteroatoms. The summed E-state index contributed by atoms with van der Waals surface area (Å²) in [5, 5.41) is 10.1. The Balaban J connectivity index is 1.97. The molecule has 0 aliphatic carbocycles. The summed E-state index contributed by atoms with van der Waals surface area (Å²) in [6, 6.07) is 5.06. The maximum Gasteiger partial charge on any atom is 0.338 e. The Morgan fingerprint density at radius 2 is 2.35 bits per heavy atom. The van der Waals surface area contributed by atoms with Gasteiger partial charge in [-0.3, -0.25) is 0 Å². The summed E-state index contributed by atoms with van der Waals surface area (Å²) in [6.45, 7) is 0. The summed E-state index contributed by atoms with van der Waals surface area (Å²) < 4.78 is 5.12. The van der Waals surface area contributed by atoms with Gasteiger partial charge in [0.15, 0.2) is 0 Å². The lowest BCUT2D eigenvalue weighted by Crippen LogP contribution is -1.91. The second-order valence-electron chi connectivity index (χ2n) is 3.21. The van der Waals surface area contributed by atoms with Crippen molar-refractivity contribution in [3.63, 3.8) is 0 Å². The zero-order chi connectivity index (χ0) is 12.3. The first-order valence-corrected chi connectivity index (χ1v) is 6.06. The van der Waals surface area contributed by atoms with Gasteiger partial charge in [-0.1, -0.05) is 23.4 Å². The molecule has 0 saturated carbocycles. The molecule has 0 spiro atoms. The minimum absolute atomic E-state index is 0.157. The Morgan fingerprint density at radius 3 is 2.94 bits per heavy atom. The first kappa shape index (κ1) is 12.0. The van der Waals surface area contributed by atoms with Crippen LogP contribution in [0.25, 0.3) is 0 Å². The van der Waals surface area contributed by atoms with Crippen LogP contribution in [-0.2, 0) is 5.75 Å². The monoisotopic (exact) mass is 269 g/mol. The van der Waals surface area contributed by atoms with E-state index in [1.54, 1.807) is 18.3 Å². The van der Waals surface area contributed by atoms with Crippen LogP contribution < -0.4 is 0 Å². The first-order chi connectivity index (χ1) is 8.15. The maximum atomic E-state index is 10.6. The highest BCUT2D eigenvalue weighted by molar-refractivity contribution is 7.98. The molecule has 0 aliphatic heterocycles. The van der Waals surface area contributed by atoms with Gasteiger partial charge in [-0.15, -0.1) is 0 Å². The van der Waals surface area contributed by atoms with Crippen LogP contribution in [0, 0.1) is 0 Å². The summed E-state index contributed by atoms with van der Waals surface area (Å²) in [5.41, 5.74) is 0.157. The van der Waals surface area contributed by atoms with Gasteiger partial charge in [-0.2, -0.15) is 0 Å². The lowest BCUT2D eigenvalue weighted by molar-refractivity contribution is 0.0696. The van der Waals surface area contributed by atoms with Crippen molar-refractivity contribution in [2.75, 3.05) is 0 Å². The molecular weight excluding hydrogens is 262 g/mol. The maximum absolute atomic E-state index is 10.6. The van der Waals surface area contributed by atoms with Gasteiger partial charge in [-0.05, 0) is 18.2 Å². The van der Waals surface area contributed by atoms with Crippen LogP contribution >= 0.6 is 23.4 Å². The fraction of sp³-hybridized carbons (Fsp3) is 0.0909. The van der Waals surface area contributed by atoms with Gasteiger partial charge < -0.3 is 9.52 Å². The van der Waals surface area contributed by atoms with Gasteiger partial charge in [-0.25, -0.2) is 9.78 Å². The number of carboxylic acid groups (broad SMARTS) is 1. The molecule has 0 saturated heterocycles. The molecule has 2 aromatic rings. The number of hydrogen-bond donors (Lipinski definition) is 1. The number of halogens is 1. The van der Waals surface area contributed by atoms with Crippen molar-refractivity contribution < 1.29 is 14.3 Å². The smallest absolute Gasteiger partial charge is 0.338 e. The fourth-order valence-corrected chi connectivity index (χ4v) is 2.01. The van der Waals surface area contributed by atoms with Crippen molar-refractivity contribution in [2.24, 2.45) is 0 Å². The van der Waals surface area contributed by atoms with E-state index < -0.39 is 5.97 Å². The van der Waals surface area contributed by atoms with Gasteiger partial charge in [0.2, 0.25) is 0 Å². The van der Waals surface area contributed by atoms with Crippen LogP contribution in [0.15, 0.2) is 40.1 Å². The summed E-state index contributed by atoms with van der Waals surface area (Å²) in [7, 11) is 0. The predicted octanol–water partition coefficient (Wildman–Crippen LogP) is 3.32. The fourth-order valence-electron chi connectivity index (χ4n) is 1.16. The van der Waals surface area contributed by atoms with Gasteiger partial charge in [0.25, 0.3) is 0 Å². The molecule has 0 amide bonds. The molecule has 0 radical (unpaired) electrons. The van der Waals surface area contributed by atoms with E-state index in [0.29, 0.717) is 16.5 Å². The highest BCUT2D eigenvalue weighted by Crippen LogP contribution is 2.22. The topological polar surface area (TPSA) is 63.3 Å². The number of carboxylic acids is 1.